The van der Waals surface area contributed by atoms with Crippen molar-refractivity contribution in [3.8, 4) is 5.75 Å². The Morgan fingerprint density at radius 3 is 2.60 bits per heavy atom. The minimum Gasteiger partial charge on any atom is -0.496 e. The standard InChI is InChI=1S/C13H19NO/c1-15-12-9-5-4-8-11(12)13(14)10-6-2-3-7-10/h4-5,8-10,13H,2-3,6-7,14H2,1H3/t13-/m0/s1. The molecule has 1 aliphatic rings. The SMILES string of the molecule is COc1ccccc1[C@@H](N)C1CCCC1. The Morgan fingerprint density at radius 1 is 1.27 bits per heavy atom. The molecule has 2 nitrogen and oxygen atoms in total. The predicted molar refractivity (Wildman–Crippen MR) is 61.9 cm³/mol. The summed E-state index contributed by atoms with van der Waals surface area (Å²) < 4.78 is 5.35. The molecular weight excluding hydrogens is 186 g/mol. The highest BCUT2D eigenvalue weighted by molar-refractivity contribution is 5.36. The van der Waals surface area contributed by atoms with Crippen LogP contribution in [0.5, 0.6) is 5.75 Å². The van der Waals surface area contributed by atoms with E-state index in [2.05, 4.69) is 6.07 Å². The molecule has 1 atom stereocenters. The van der Waals surface area contributed by atoms with E-state index in [-0.39, 0.29) is 6.04 Å². The van der Waals surface area contributed by atoms with Gasteiger partial charge in [-0.25, -0.2) is 0 Å². The van der Waals surface area contributed by atoms with E-state index in [1.165, 1.54) is 25.7 Å². The lowest BCUT2D eigenvalue weighted by Crippen LogP contribution is -2.19. The van der Waals surface area contributed by atoms with Gasteiger partial charge in [0.25, 0.3) is 0 Å². The van der Waals surface area contributed by atoms with E-state index in [4.69, 9.17) is 10.5 Å². The number of ether oxygens (including phenoxy) is 1. The second kappa shape index (κ2) is 4.67. The summed E-state index contributed by atoms with van der Waals surface area (Å²) in [4.78, 5) is 0. The summed E-state index contributed by atoms with van der Waals surface area (Å²) in [6.07, 6.45) is 5.18. The summed E-state index contributed by atoms with van der Waals surface area (Å²) in [7, 11) is 1.71. The molecule has 0 amide bonds. The van der Waals surface area contributed by atoms with Crippen molar-refractivity contribution in [1.82, 2.24) is 0 Å². The van der Waals surface area contributed by atoms with Crippen LogP contribution in [0, 0.1) is 5.92 Å². The molecule has 1 saturated carbocycles. The molecule has 0 bridgehead atoms. The van der Waals surface area contributed by atoms with Crippen LogP contribution in [0.2, 0.25) is 0 Å². The van der Waals surface area contributed by atoms with Gasteiger partial charge in [-0.3, -0.25) is 0 Å². The minimum absolute atomic E-state index is 0.142. The van der Waals surface area contributed by atoms with Gasteiger partial charge in [-0.2, -0.15) is 0 Å². The van der Waals surface area contributed by atoms with E-state index in [9.17, 15) is 0 Å². The van der Waals surface area contributed by atoms with Crippen molar-refractivity contribution in [2.24, 2.45) is 11.7 Å². The number of nitrogens with two attached hydrogens (primary N) is 1. The molecule has 0 aliphatic heterocycles. The van der Waals surface area contributed by atoms with E-state index in [1.54, 1.807) is 7.11 Å². The Kier molecular flexibility index (Phi) is 3.27. The third-order valence-corrected chi connectivity index (χ3v) is 3.41. The van der Waals surface area contributed by atoms with Crippen LogP contribution < -0.4 is 10.5 Å². The molecule has 2 heteroatoms. The van der Waals surface area contributed by atoms with E-state index in [0.717, 1.165) is 11.3 Å². The number of hydrogen-bond donors (Lipinski definition) is 1. The van der Waals surface area contributed by atoms with Gasteiger partial charge in [0.05, 0.1) is 7.11 Å². The third kappa shape index (κ3) is 2.15. The molecule has 1 aromatic carbocycles. The molecular formula is C13H19NO. The van der Waals surface area contributed by atoms with Gasteiger partial charge in [0.2, 0.25) is 0 Å². The zero-order valence-electron chi connectivity index (χ0n) is 9.28. The monoisotopic (exact) mass is 205 g/mol. The maximum absolute atomic E-state index is 6.30. The lowest BCUT2D eigenvalue weighted by molar-refractivity contribution is 0.385. The average molecular weight is 205 g/mol. The fourth-order valence-corrected chi connectivity index (χ4v) is 2.51. The van der Waals surface area contributed by atoms with Gasteiger partial charge in [-0.1, -0.05) is 31.0 Å². The van der Waals surface area contributed by atoms with Gasteiger partial charge in [-0.15, -0.1) is 0 Å². The molecule has 2 N–H and O–H groups in total. The van der Waals surface area contributed by atoms with E-state index in [0.29, 0.717) is 5.92 Å². The van der Waals surface area contributed by atoms with Gasteiger partial charge in [0, 0.05) is 11.6 Å². The summed E-state index contributed by atoms with van der Waals surface area (Å²) in [5.74, 6) is 1.57. The molecule has 2 rings (SSSR count). The smallest absolute Gasteiger partial charge is 0.123 e. The summed E-state index contributed by atoms with van der Waals surface area (Å²) >= 11 is 0. The fourth-order valence-electron chi connectivity index (χ4n) is 2.51. The number of para-hydroxylation sites is 1. The highest BCUT2D eigenvalue weighted by Crippen LogP contribution is 2.37. The maximum Gasteiger partial charge on any atom is 0.123 e. The lowest BCUT2D eigenvalue weighted by atomic mass is 9.92. The summed E-state index contributed by atoms with van der Waals surface area (Å²) in [6.45, 7) is 0. The second-order valence-corrected chi connectivity index (χ2v) is 4.31. The summed E-state index contributed by atoms with van der Waals surface area (Å²) in [5.41, 5.74) is 7.46. The molecule has 0 saturated heterocycles. The van der Waals surface area contributed by atoms with Crippen LogP contribution in [-0.4, -0.2) is 7.11 Å². The quantitative estimate of drug-likeness (QED) is 0.823. The molecule has 0 heterocycles. The first-order valence-corrected chi connectivity index (χ1v) is 5.71. The van der Waals surface area contributed by atoms with Crippen LogP contribution in [0.1, 0.15) is 37.3 Å². The van der Waals surface area contributed by atoms with Crippen LogP contribution in [0.15, 0.2) is 24.3 Å². The molecule has 1 aliphatic carbocycles. The largest absolute Gasteiger partial charge is 0.496 e. The zero-order valence-corrected chi connectivity index (χ0v) is 9.28. The van der Waals surface area contributed by atoms with Crippen molar-refractivity contribution in [2.75, 3.05) is 7.11 Å². The fraction of sp³-hybridized carbons (Fsp3) is 0.538. The van der Waals surface area contributed by atoms with Crippen molar-refractivity contribution < 1.29 is 4.74 Å². The molecule has 0 spiro atoms. The Balaban J connectivity index is 2.19. The van der Waals surface area contributed by atoms with Crippen LogP contribution >= 0.6 is 0 Å². The molecule has 1 aromatic rings. The van der Waals surface area contributed by atoms with E-state index >= 15 is 0 Å². The Hall–Kier alpha value is -1.02. The molecule has 15 heavy (non-hydrogen) atoms. The van der Waals surface area contributed by atoms with Crippen LogP contribution in [0.25, 0.3) is 0 Å². The number of benzene rings is 1. The van der Waals surface area contributed by atoms with Crippen LogP contribution in [0.3, 0.4) is 0 Å². The van der Waals surface area contributed by atoms with Gasteiger partial charge in [0.1, 0.15) is 5.75 Å². The second-order valence-electron chi connectivity index (χ2n) is 4.31. The van der Waals surface area contributed by atoms with Crippen LogP contribution in [0.4, 0.5) is 0 Å². The van der Waals surface area contributed by atoms with Crippen molar-refractivity contribution in [2.45, 2.75) is 31.7 Å². The Bertz CT molecular complexity index is 318. The highest BCUT2D eigenvalue weighted by Gasteiger charge is 2.24. The first-order valence-electron chi connectivity index (χ1n) is 5.71. The maximum atomic E-state index is 6.30. The van der Waals surface area contributed by atoms with Crippen molar-refractivity contribution in [3.05, 3.63) is 29.8 Å². The van der Waals surface area contributed by atoms with Gasteiger partial charge >= 0.3 is 0 Å². The highest BCUT2D eigenvalue weighted by atomic mass is 16.5. The number of rotatable bonds is 3. The van der Waals surface area contributed by atoms with Gasteiger partial charge in [0.15, 0.2) is 0 Å². The minimum atomic E-state index is 0.142. The van der Waals surface area contributed by atoms with Gasteiger partial charge in [-0.05, 0) is 24.8 Å². The van der Waals surface area contributed by atoms with Crippen LogP contribution in [-0.2, 0) is 0 Å². The van der Waals surface area contributed by atoms with Crippen molar-refractivity contribution in [3.63, 3.8) is 0 Å². The molecule has 0 radical (unpaired) electrons. The first-order chi connectivity index (χ1) is 7.33. The number of hydrogen-bond acceptors (Lipinski definition) is 2. The normalized spacial score (nSPS) is 19.1. The van der Waals surface area contributed by atoms with E-state index < -0.39 is 0 Å². The van der Waals surface area contributed by atoms with E-state index in [1.807, 2.05) is 18.2 Å². The van der Waals surface area contributed by atoms with Crippen molar-refractivity contribution >= 4 is 0 Å². The lowest BCUT2D eigenvalue weighted by Gasteiger charge is -2.21. The molecule has 1 fully saturated rings. The Morgan fingerprint density at radius 2 is 1.93 bits per heavy atom. The zero-order chi connectivity index (χ0) is 10.7. The summed E-state index contributed by atoms with van der Waals surface area (Å²) in [5, 5.41) is 0. The van der Waals surface area contributed by atoms with Crippen molar-refractivity contribution in [1.29, 1.82) is 0 Å². The number of methoxy groups -OCH3 is 1. The van der Waals surface area contributed by atoms with Gasteiger partial charge < -0.3 is 10.5 Å². The topological polar surface area (TPSA) is 35.2 Å². The predicted octanol–water partition coefficient (Wildman–Crippen LogP) is 2.89. The first kappa shape index (κ1) is 10.5. The average Bonchev–Trinajstić information content (AvgIpc) is 2.81. The molecule has 0 aromatic heterocycles. The molecule has 82 valence electrons. The Labute approximate surface area is 91.4 Å². The molecule has 0 unspecified atom stereocenters. The third-order valence-electron chi connectivity index (χ3n) is 3.41. The summed E-state index contributed by atoms with van der Waals surface area (Å²) in [6, 6.07) is 8.24.